The lowest BCUT2D eigenvalue weighted by molar-refractivity contribution is -0.119. The molecule has 1 rings (SSSR count). The molecule has 0 spiro atoms. The van der Waals surface area contributed by atoms with Crippen LogP contribution in [0.2, 0.25) is 0 Å². The molecule has 1 amide bonds. The molecule has 0 aliphatic rings. The van der Waals surface area contributed by atoms with Gasteiger partial charge in [-0.05, 0) is 24.0 Å². The van der Waals surface area contributed by atoms with Crippen LogP contribution in [-0.2, 0) is 10.2 Å². The summed E-state index contributed by atoms with van der Waals surface area (Å²) in [6.07, 6.45) is 0. The molecule has 0 fully saturated rings. The zero-order chi connectivity index (χ0) is 13.9. The van der Waals surface area contributed by atoms with E-state index in [1.807, 2.05) is 38.1 Å². The number of benzene rings is 1. The molecular weight excluding hydrogens is 224 g/mol. The molecule has 100 valence electrons. The molecule has 0 aromatic heterocycles. The van der Waals surface area contributed by atoms with E-state index in [0.717, 1.165) is 11.3 Å². The number of hydrogen-bond acceptors (Lipinski definition) is 2. The molecular formula is C15H24N2O. The van der Waals surface area contributed by atoms with E-state index in [0.29, 0.717) is 0 Å². The van der Waals surface area contributed by atoms with Crippen LogP contribution in [-0.4, -0.2) is 11.9 Å². The number of para-hydroxylation sites is 1. The molecule has 18 heavy (non-hydrogen) atoms. The minimum Gasteiger partial charge on any atom is -0.327 e. The summed E-state index contributed by atoms with van der Waals surface area (Å²) in [6, 6.07) is 7.76. The van der Waals surface area contributed by atoms with Crippen molar-refractivity contribution in [1.29, 1.82) is 0 Å². The molecule has 0 heterocycles. The highest BCUT2D eigenvalue weighted by molar-refractivity contribution is 5.93. The third-order valence-corrected chi connectivity index (χ3v) is 3.20. The molecule has 3 heteroatoms. The van der Waals surface area contributed by atoms with Gasteiger partial charge < -0.3 is 11.1 Å². The van der Waals surface area contributed by atoms with Crippen molar-refractivity contribution in [2.45, 2.75) is 46.1 Å². The summed E-state index contributed by atoms with van der Waals surface area (Å²) >= 11 is 0. The number of carbonyl (C=O) groups is 1. The van der Waals surface area contributed by atoms with Gasteiger partial charge in [0.15, 0.2) is 0 Å². The van der Waals surface area contributed by atoms with Gasteiger partial charge in [0.05, 0.1) is 5.92 Å². The minimum atomic E-state index is -0.196. The molecule has 1 aromatic carbocycles. The molecule has 0 saturated heterocycles. The summed E-state index contributed by atoms with van der Waals surface area (Å²) < 4.78 is 0. The maximum Gasteiger partial charge on any atom is 0.228 e. The smallest absolute Gasteiger partial charge is 0.228 e. The number of nitrogens with one attached hydrogen (secondary N) is 1. The first-order valence-corrected chi connectivity index (χ1v) is 6.39. The maximum absolute atomic E-state index is 12.0. The Labute approximate surface area is 110 Å². The second-order valence-electron chi connectivity index (χ2n) is 5.93. The van der Waals surface area contributed by atoms with E-state index >= 15 is 0 Å². The van der Waals surface area contributed by atoms with Gasteiger partial charge in [0.1, 0.15) is 0 Å². The largest absolute Gasteiger partial charge is 0.327 e. The first-order chi connectivity index (χ1) is 8.23. The Morgan fingerprint density at radius 1 is 1.22 bits per heavy atom. The van der Waals surface area contributed by atoms with Crippen molar-refractivity contribution >= 4 is 11.6 Å². The Kier molecular flexibility index (Phi) is 4.52. The molecule has 0 radical (unpaired) electrons. The number of nitrogens with two attached hydrogens (primary N) is 1. The van der Waals surface area contributed by atoms with Crippen molar-refractivity contribution in [3.05, 3.63) is 29.8 Å². The molecule has 1 aromatic rings. The van der Waals surface area contributed by atoms with Crippen LogP contribution in [0.15, 0.2) is 24.3 Å². The van der Waals surface area contributed by atoms with Crippen LogP contribution in [0.4, 0.5) is 5.69 Å². The molecule has 3 nitrogen and oxygen atoms in total. The van der Waals surface area contributed by atoms with Crippen molar-refractivity contribution in [3.63, 3.8) is 0 Å². The van der Waals surface area contributed by atoms with Crippen molar-refractivity contribution in [2.75, 3.05) is 5.32 Å². The molecule has 0 bridgehead atoms. The van der Waals surface area contributed by atoms with E-state index < -0.39 is 0 Å². The van der Waals surface area contributed by atoms with Gasteiger partial charge in [0.2, 0.25) is 5.91 Å². The maximum atomic E-state index is 12.0. The predicted octanol–water partition coefficient (Wildman–Crippen LogP) is 2.91. The highest BCUT2D eigenvalue weighted by Gasteiger charge is 2.21. The molecule has 2 unspecified atom stereocenters. The molecule has 3 N–H and O–H groups in total. The lowest BCUT2D eigenvalue weighted by Crippen LogP contribution is -2.34. The van der Waals surface area contributed by atoms with Crippen LogP contribution in [0.25, 0.3) is 0 Å². The van der Waals surface area contributed by atoms with Gasteiger partial charge >= 0.3 is 0 Å². The predicted molar refractivity (Wildman–Crippen MR) is 76.6 cm³/mol. The van der Waals surface area contributed by atoms with Crippen LogP contribution >= 0.6 is 0 Å². The van der Waals surface area contributed by atoms with Gasteiger partial charge in [-0.3, -0.25) is 4.79 Å². The molecule has 2 atom stereocenters. The first kappa shape index (κ1) is 14.7. The Hall–Kier alpha value is -1.35. The van der Waals surface area contributed by atoms with Gasteiger partial charge in [-0.1, -0.05) is 45.9 Å². The lowest BCUT2D eigenvalue weighted by Gasteiger charge is -2.24. The van der Waals surface area contributed by atoms with Crippen molar-refractivity contribution < 1.29 is 4.79 Å². The van der Waals surface area contributed by atoms with Gasteiger partial charge in [-0.15, -0.1) is 0 Å². The summed E-state index contributed by atoms with van der Waals surface area (Å²) in [7, 11) is 0. The van der Waals surface area contributed by atoms with Gasteiger partial charge in [-0.2, -0.15) is 0 Å². The topological polar surface area (TPSA) is 55.1 Å². The van der Waals surface area contributed by atoms with E-state index in [9.17, 15) is 4.79 Å². The fourth-order valence-corrected chi connectivity index (χ4v) is 1.73. The van der Waals surface area contributed by atoms with Crippen LogP contribution in [0.1, 0.15) is 40.2 Å². The fraction of sp³-hybridized carbons (Fsp3) is 0.533. The van der Waals surface area contributed by atoms with Crippen LogP contribution in [0.3, 0.4) is 0 Å². The lowest BCUT2D eigenvalue weighted by atomic mass is 9.85. The Bertz CT molecular complexity index is 419. The Morgan fingerprint density at radius 3 is 2.28 bits per heavy atom. The molecule has 0 aliphatic carbocycles. The van der Waals surface area contributed by atoms with Gasteiger partial charge in [-0.25, -0.2) is 0 Å². The number of rotatable bonds is 3. The normalized spacial score (nSPS) is 15.0. The fourth-order valence-electron chi connectivity index (χ4n) is 1.73. The van der Waals surface area contributed by atoms with E-state index in [1.54, 1.807) is 0 Å². The summed E-state index contributed by atoms with van der Waals surface area (Å²) in [4.78, 5) is 12.0. The average molecular weight is 248 g/mol. The van der Waals surface area contributed by atoms with Crippen LogP contribution < -0.4 is 11.1 Å². The minimum absolute atomic E-state index is 0.00143. The number of carbonyl (C=O) groups excluding carboxylic acids is 1. The van der Waals surface area contributed by atoms with Crippen molar-refractivity contribution in [3.8, 4) is 0 Å². The van der Waals surface area contributed by atoms with Crippen LogP contribution in [0.5, 0.6) is 0 Å². The summed E-state index contributed by atoms with van der Waals surface area (Å²) in [5.41, 5.74) is 7.77. The Morgan fingerprint density at radius 2 is 1.78 bits per heavy atom. The molecule has 0 aliphatic heterocycles. The van der Waals surface area contributed by atoms with Gasteiger partial charge in [0.25, 0.3) is 0 Å². The summed E-state index contributed by atoms with van der Waals surface area (Å²) in [6.45, 7) is 10.1. The van der Waals surface area contributed by atoms with Crippen LogP contribution in [0, 0.1) is 5.92 Å². The van der Waals surface area contributed by atoms with E-state index in [1.165, 1.54) is 0 Å². The van der Waals surface area contributed by atoms with E-state index in [4.69, 9.17) is 5.73 Å². The highest BCUT2D eigenvalue weighted by Crippen LogP contribution is 2.29. The standard InChI is InChI=1S/C15H24N2O/c1-10(11(2)16)14(18)17-13-9-7-6-8-12(13)15(3,4)5/h6-11H,16H2,1-5H3,(H,17,18). The first-order valence-electron chi connectivity index (χ1n) is 6.39. The highest BCUT2D eigenvalue weighted by atomic mass is 16.1. The molecule has 0 saturated carbocycles. The van der Waals surface area contributed by atoms with Gasteiger partial charge in [0, 0.05) is 11.7 Å². The zero-order valence-corrected chi connectivity index (χ0v) is 11.9. The number of amides is 1. The monoisotopic (exact) mass is 248 g/mol. The second-order valence-corrected chi connectivity index (χ2v) is 5.93. The summed E-state index contributed by atoms with van der Waals surface area (Å²) in [5, 5.41) is 2.98. The van der Waals surface area contributed by atoms with Crippen molar-refractivity contribution in [2.24, 2.45) is 11.7 Å². The third kappa shape index (κ3) is 3.57. The van der Waals surface area contributed by atoms with Crippen molar-refractivity contribution in [1.82, 2.24) is 0 Å². The Balaban J connectivity index is 2.95. The average Bonchev–Trinajstić information content (AvgIpc) is 2.27. The van der Waals surface area contributed by atoms with E-state index in [2.05, 4.69) is 26.1 Å². The second kappa shape index (κ2) is 5.53. The summed E-state index contributed by atoms with van der Waals surface area (Å²) in [5.74, 6) is -0.222. The number of hydrogen-bond donors (Lipinski definition) is 2. The number of anilines is 1. The quantitative estimate of drug-likeness (QED) is 0.864. The zero-order valence-electron chi connectivity index (χ0n) is 11.9. The van der Waals surface area contributed by atoms with E-state index in [-0.39, 0.29) is 23.3 Å². The third-order valence-electron chi connectivity index (χ3n) is 3.20. The SMILES string of the molecule is CC(N)C(C)C(=O)Nc1ccccc1C(C)(C)C.